The van der Waals surface area contributed by atoms with Gasteiger partial charge in [-0.1, -0.05) is 15.9 Å². The first kappa shape index (κ1) is 16.9. The first-order valence-electron chi connectivity index (χ1n) is 6.49. The molecule has 1 aromatic carbocycles. The number of piperazine rings is 1. The highest BCUT2D eigenvalue weighted by Crippen LogP contribution is 2.23. The summed E-state index contributed by atoms with van der Waals surface area (Å²) in [6, 6.07) is 4.69. The number of aliphatic carboxylic acids is 1. The molecule has 0 spiro atoms. The molecular formula is C13H15BrN2O5S. The monoisotopic (exact) mass is 390 g/mol. The summed E-state index contributed by atoms with van der Waals surface area (Å²) in [6.07, 6.45) is 0. The zero-order chi connectivity index (χ0) is 16.5. The fraction of sp³-hybridized carbons (Fsp3) is 0.385. The Balaban J connectivity index is 2.35. The fourth-order valence-corrected chi connectivity index (χ4v) is 4.11. The van der Waals surface area contributed by atoms with E-state index in [-0.39, 0.29) is 30.4 Å². The topological polar surface area (TPSA) is 95.0 Å². The van der Waals surface area contributed by atoms with E-state index in [1.165, 1.54) is 24.0 Å². The quantitative estimate of drug-likeness (QED) is 0.821. The van der Waals surface area contributed by atoms with E-state index in [0.717, 1.165) is 8.78 Å². The lowest BCUT2D eigenvalue weighted by atomic mass is 10.2. The van der Waals surface area contributed by atoms with Crippen LogP contribution in [-0.2, 0) is 19.6 Å². The standard InChI is InChI=1S/C13H15BrN2O5S/c1-9(17)15-6-7-16(12(8-15)13(18)19)22(20,21)11-4-2-10(14)3-5-11/h2-5,12H,6-8H2,1H3,(H,18,19). The van der Waals surface area contributed by atoms with Crippen LogP contribution in [0.15, 0.2) is 33.6 Å². The number of hydrogen-bond acceptors (Lipinski definition) is 4. The van der Waals surface area contributed by atoms with Gasteiger partial charge in [-0.2, -0.15) is 4.31 Å². The maximum atomic E-state index is 12.6. The van der Waals surface area contributed by atoms with Crippen LogP contribution in [0.3, 0.4) is 0 Å². The van der Waals surface area contributed by atoms with Crippen molar-refractivity contribution in [2.24, 2.45) is 0 Å². The lowest BCUT2D eigenvalue weighted by Crippen LogP contribution is -2.58. The predicted octanol–water partition coefficient (Wildman–Crippen LogP) is 0.755. The number of hydrogen-bond donors (Lipinski definition) is 1. The molecule has 0 bridgehead atoms. The number of carboxylic acid groups (broad SMARTS) is 1. The van der Waals surface area contributed by atoms with Crippen molar-refractivity contribution in [1.29, 1.82) is 0 Å². The Labute approximate surface area is 136 Å². The van der Waals surface area contributed by atoms with Gasteiger partial charge in [0.1, 0.15) is 6.04 Å². The molecule has 0 radical (unpaired) electrons. The first-order chi connectivity index (χ1) is 10.2. The number of amides is 1. The summed E-state index contributed by atoms with van der Waals surface area (Å²) in [6.45, 7) is 1.31. The van der Waals surface area contributed by atoms with Crippen molar-refractivity contribution < 1.29 is 23.1 Å². The van der Waals surface area contributed by atoms with E-state index in [9.17, 15) is 23.1 Å². The Morgan fingerprint density at radius 3 is 2.32 bits per heavy atom. The van der Waals surface area contributed by atoms with Crippen molar-refractivity contribution in [2.45, 2.75) is 17.9 Å². The second-order valence-electron chi connectivity index (χ2n) is 4.89. The molecule has 1 fully saturated rings. The van der Waals surface area contributed by atoms with Crippen LogP contribution < -0.4 is 0 Å². The van der Waals surface area contributed by atoms with Crippen LogP contribution in [0.25, 0.3) is 0 Å². The minimum atomic E-state index is -3.93. The fourth-order valence-electron chi connectivity index (χ4n) is 2.28. The molecule has 1 N–H and O–H groups in total. The molecule has 7 nitrogen and oxygen atoms in total. The van der Waals surface area contributed by atoms with Crippen molar-refractivity contribution >= 4 is 37.8 Å². The van der Waals surface area contributed by atoms with Crippen LogP contribution in [0.5, 0.6) is 0 Å². The number of benzene rings is 1. The molecule has 1 heterocycles. The van der Waals surface area contributed by atoms with Gasteiger partial charge in [-0.3, -0.25) is 9.59 Å². The Hall–Kier alpha value is -1.45. The predicted molar refractivity (Wildman–Crippen MR) is 81.7 cm³/mol. The molecule has 9 heteroatoms. The summed E-state index contributed by atoms with van der Waals surface area (Å²) in [7, 11) is -3.93. The molecule has 2 rings (SSSR count). The zero-order valence-electron chi connectivity index (χ0n) is 11.8. The molecule has 1 atom stereocenters. The van der Waals surface area contributed by atoms with Crippen LogP contribution in [-0.4, -0.2) is 60.3 Å². The van der Waals surface area contributed by atoms with Gasteiger partial charge in [0.2, 0.25) is 15.9 Å². The largest absolute Gasteiger partial charge is 0.480 e. The number of rotatable bonds is 3. The summed E-state index contributed by atoms with van der Waals surface area (Å²) in [5.74, 6) is -1.54. The third-order valence-corrected chi connectivity index (χ3v) is 5.93. The average Bonchev–Trinajstić information content (AvgIpc) is 2.46. The minimum Gasteiger partial charge on any atom is -0.480 e. The highest BCUT2D eigenvalue weighted by molar-refractivity contribution is 9.10. The lowest BCUT2D eigenvalue weighted by Gasteiger charge is -2.37. The van der Waals surface area contributed by atoms with Gasteiger partial charge in [0.25, 0.3) is 0 Å². The normalized spacial score (nSPS) is 19.9. The SMILES string of the molecule is CC(=O)N1CCN(S(=O)(=O)c2ccc(Br)cc2)C(C(=O)O)C1. The minimum absolute atomic E-state index is 0.0261. The molecule has 1 saturated heterocycles. The number of nitrogens with zero attached hydrogens (tertiary/aromatic N) is 2. The average molecular weight is 391 g/mol. The van der Waals surface area contributed by atoms with E-state index in [1.807, 2.05) is 0 Å². The van der Waals surface area contributed by atoms with Crippen LogP contribution in [0, 0.1) is 0 Å². The van der Waals surface area contributed by atoms with Crippen LogP contribution in [0.2, 0.25) is 0 Å². The molecule has 0 aliphatic carbocycles. The van der Waals surface area contributed by atoms with E-state index in [4.69, 9.17) is 0 Å². The second-order valence-corrected chi connectivity index (χ2v) is 7.69. The van der Waals surface area contributed by atoms with E-state index in [1.54, 1.807) is 12.1 Å². The molecule has 1 aliphatic rings. The summed E-state index contributed by atoms with van der Waals surface area (Å²) in [5, 5.41) is 9.31. The van der Waals surface area contributed by atoms with Crippen molar-refractivity contribution in [3.8, 4) is 0 Å². The molecule has 22 heavy (non-hydrogen) atoms. The number of carboxylic acids is 1. The Bertz CT molecular complexity index is 689. The van der Waals surface area contributed by atoms with E-state index < -0.39 is 22.0 Å². The molecule has 1 unspecified atom stereocenters. The third kappa shape index (κ3) is 3.31. The molecule has 1 aliphatic heterocycles. The first-order valence-corrected chi connectivity index (χ1v) is 8.72. The molecule has 120 valence electrons. The van der Waals surface area contributed by atoms with Gasteiger partial charge in [-0.15, -0.1) is 0 Å². The Morgan fingerprint density at radius 2 is 1.82 bits per heavy atom. The molecule has 0 aromatic heterocycles. The summed E-state index contributed by atoms with van der Waals surface area (Å²) >= 11 is 3.22. The number of sulfonamides is 1. The highest BCUT2D eigenvalue weighted by Gasteiger charge is 2.40. The van der Waals surface area contributed by atoms with E-state index >= 15 is 0 Å². The van der Waals surface area contributed by atoms with Gasteiger partial charge in [0.15, 0.2) is 0 Å². The number of carbonyl (C=O) groups is 2. The number of carbonyl (C=O) groups excluding carboxylic acids is 1. The van der Waals surface area contributed by atoms with Crippen molar-refractivity contribution in [3.63, 3.8) is 0 Å². The van der Waals surface area contributed by atoms with Crippen LogP contribution >= 0.6 is 15.9 Å². The van der Waals surface area contributed by atoms with Gasteiger partial charge in [0, 0.05) is 31.0 Å². The van der Waals surface area contributed by atoms with Crippen molar-refractivity contribution in [2.75, 3.05) is 19.6 Å². The van der Waals surface area contributed by atoms with Crippen molar-refractivity contribution in [1.82, 2.24) is 9.21 Å². The highest BCUT2D eigenvalue weighted by atomic mass is 79.9. The van der Waals surface area contributed by atoms with E-state index in [0.29, 0.717) is 0 Å². The molecule has 0 saturated carbocycles. The Kier molecular flexibility index (Phi) is 4.88. The maximum Gasteiger partial charge on any atom is 0.323 e. The number of halogens is 1. The van der Waals surface area contributed by atoms with Crippen LogP contribution in [0.1, 0.15) is 6.92 Å². The molecule has 1 aromatic rings. The van der Waals surface area contributed by atoms with Gasteiger partial charge in [-0.05, 0) is 24.3 Å². The van der Waals surface area contributed by atoms with E-state index in [2.05, 4.69) is 15.9 Å². The molecule has 1 amide bonds. The molecular weight excluding hydrogens is 376 g/mol. The van der Waals surface area contributed by atoms with Gasteiger partial charge in [0.05, 0.1) is 4.90 Å². The Morgan fingerprint density at radius 1 is 1.23 bits per heavy atom. The lowest BCUT2D eigenvalue weighted by molar-refractivity contribution is -0.145. The van der Waals surface area contributed by atoms with Crippen LogP contribution in [0.4, 0.5) is 0 Å². The van der Waals surface area contributed by atoms with Crippen molar-refractivity contribution in [3.05, 3.63) is 28.7 Å². The summed E-state index contributed by atoms with van der Waals surface area (Å²) < 4.78 is 26.9. The zero-order valence-corrected chi connectivity index (χ0v) is 14.2. The van der Waals surface area contributed by atoms with Gasteiger partial charge >= 0.3 is 5.97 Å². The smallest absolute Gasteiger partial charge is 0.323 e. The van der Waals surface area contributed by atoms with Gasteiger partial charge in [-0.25, -0.2) is 8.42 Å². The third-order valence-electron chi connectivity index (χ3n) is 3.48. The maximum absolute atomic E-state index is 12.6. The van der Waals surface area contributed by atoms with Gasteiger partial charge < -0.3 is 10.0 Å². The second kappa shape index (κ2) is 6.35. The summed E-state index contributed by atoms with van der Waals surface area (Å²) in [5.41, 5.74) is 0. The summed E-state index contributed by atoms with van der Waals surface area (Å²) in [4.78, 5) is 24.2.